The van der Waals surface area contributed by atoms with Crippen LogP contribution in [-0.4, -0.2) is 33.7 Å². The Kier molecular flexibility index (Phi) is 5.71. The molecular weight excluding hydrogens is 305 g/mol. The van der Waals surface area contributed by atoms with E-state index >= 15 is 0 Å². The highest BCUT2D eigenvalue weighted by molar-refractivity contribution is 6.34. The number of carboxylic acids is 1. The van der Waals surface area contributed by atoms with Crippen molar-refractivity contribution in [2.24, 2.45) is 5.41 Å². The first-order valence-corrected chi connectivity index (χ1v) is 6.82. The number of aromatic nitrogens is 2. The molecule has 0 atom stereocenters. The van der Waals surface area contributed by atoms with Gasteiger partial charge in [0.2, 0.25) is 0 Å². The molecule has 1 aromatic rings. The molecule has 0 saturated carbocycles. The maximum absolute atomic E-state index is 12.0. The van der Waals surface area contributed by atoms with Crippen molar-refractivity contribution in [3.63, 3.8) is 0 Å². The van der Waals surface area contributed by atoms with Crippen LogP contribution < -0.4 is 5.32 Å². The summed E-state index contributed by atoms with van der Waals surface area (Å²) in [5.74, 6) is -1.47. The van der Waals surface area contributed by atoms with Gasteiger partial charge in [0.15, 0.2) is 10.3 Å². The van der Waals surface area contributed by atoms with Gasteiger partial charge < -0.3 is 10.4 Å². The summed E-state index contributed by atoms with van der Waals surface area (Å²) < 4.78 is 0. The van der Waals surface area contributed by atoms with Gasteiger partial charge in [0.05, 0.1) is 11.0 Å². The number of nitrogens with zero attached hydrogens (tertiary/aromatic N) is 2. The van der Waals surface area contributed by atoms with Crippen LogP contribution in [0.2, 0.25) is 10.3 Å². The Morgan fingerprint density at radius 1 is 1.30 bits per heavy atom. The minimum atomic E-state index is -0.994. The van der Waals surface area contributed by atoms with E-state index in [4.69, 9.17) is 23.2 Å². The average molecular weight is 320 g/mol. The van der Waals surface area contributed by atoms with Crippen molar-refractivity contribution in [3.05, 3.63) is 21.9 Å². The number of amides is 1. The number of carbonyl (C=O) groups excluding carboxylic acids is 1. The molecule has 0 aliphatic rings. The molecule has 2 N–H and O–H groups in total. The lowest BCUT2D eigenvalue weighted by molar-refractivity contribution is -0.149. The SMILES string of the molecule is CCC(CC)(CNC(=O)c1cc(Cl)nnc1Cl)C(=O)O. The number of hydrogen-bond acceptors (Lipinski definition) is 4. The quantitative estimate of drug-likeness (QED) is 0.840. The second kappa shape index (κ2) is 6.85. The first kappa shape index (κ1) is 16.7. The van der Waals surface area contributed by atoms with E-state index in [-0.39, 0.29) is 22.4 Å². The van der Waals surface area contributed by atoms with Gasteiger partial charge in [-0.15, -0.1) is 10.2 Å². The minimum absolute atomic E-state index is 0.00440. The van der Waals surface area contributed by atoms with Crippen LogP contribution >= 0.6 is 23.2 Å². The molecule has 20 heavy (non-hydrogen) atoms. The fourth-order valence-corrected chi connectivity index (χ4v) is 2.06. The molecular formula is C12H15Cl2N3O3. The van der Waals surface area contributed by atoms with E-state index < -0.39 is 17.3 Å². The second-order valence-electron chi connectivity index (χ2n) is 4.35. The number of carboxylic acid groups (broad SMARTS) is 1. The van der Waals surface area contributed by atoms with Crippen LogP contribution in [0.3, 0.4) is 0 Å². The number of carbonyl (C=O) groups is 2. The van der Waals surface area contributed by atoms with Crippen LogP contribution in [0.15, 0.2) is 6.07 Å². The zero-order chi connectivity index (χ0) is 15.3. The van der Waals surface area contributed by atoms with E-state index in [0.29, 0.717) is 12.8 Å². The topological polar surface area (TPSA) is 92.2 Å². The number of nitrogens with one attached hydrogen (secondary N) is 1. The standard InChI is InChI=1S/C12H15Cl2N3O3/c1-3-12(4-2,11(19)20)6-15-10(18)7-5-8(13)16-17-9(7)14/h5H,3-4,6H2,1-2H3,(H,15,18)(H,19,20). The third kappa shape index (κ3) is 3.58. The fraction of sp³-hybridized carbons (Fsp3) is 0.500. The Balaban J connectivity index is 2.86. The van der Waals surface area contributed by atoms with Gasteiger partial charge in [-0.2, -0.15) is 0 Å². The summed E-state index contributed by atoms with van der Waals surface area (Å²) in [5.41, 5.74) is -0.926. The number of hydrogen-bond donors (Lipinski definition) is 2. The molecule has 1 amide bonds. The smallest absolute Gasteiger partial charge is 0.311 e. The predicted molar refractivity (Wildman–Crippen MR) is 75.0 cm³/mol. The second-order valence-corrected chi connectivity index (χ2v) is 5.09. The van der Waals surface area contributed by atoms with Crippen molar-refractivity contribution in [1.82, 2.24) is 15.5 Å². The van der Waals surface area contributed by atoms with Crippen LogP contribution in [0.1, 0.15) is 37.0 Å². The van der Waals surface area contributed by atoms with Gasteiger partial charge in [-0.3, -0.25) is 9.59 Å². The molecule has 0 aliphatic carbocycles. The molecule has 0 aromatic carbocycles. The van der Waals surface area contributed by atoms with Crippen molar-refractivity contribution < 1.29 is 14.7 Å². The third-order valence-corrected chi connectivity index (χ3v) is 3.82. The number of aliphatic carboxylic acids is 1. The third-order valence-electron chi connectivity index (χ3n) is 3.36. The van der Waals surface area contributed by atoms with Crippen molar-refractivity contribution >= 4 is 35.1 Å². The lowest BCUT2D eigenvalue weighted by Crippen LogP contribution is -2.42. The first-order valence-electron chi connectivity index (χ1n) is 6.06. The lowest BCUT2D eigenvalue weighted by atomic mass is 9.82. The average Bonchev–Trinajstić information content (AvgIpc) is 2.42. The van der Waals surface area contributed by atoms with Gasteiger partial charge >= 0.3 is 5.97 Å². The van der Waals surface area contributed by atoms with E-state index in [0.717, 1.165) is 0 Å². The highest BCUT2D eigenvalue weighted by Crippen LogP contribution is 2.26. The molecule has 1 heterocycles. The van der Waals surface area contributed by atoms with E-state index in [1.165, 1.54) is 6.07 Å². The maximum Gasteiger partial charge on any atom is 0.311 e. The largest absolute Gasteiger partial charge is 0.481 e. The summed E-state index contributed by atoms with van der Waals surface area (Å²) in [6.07, 6.45) is 0.810. The van der Waals surface area contributed by atoms with E-state index in [9.17, 15) is 14.7 Å². The summed E-state index contributed by atoms with van der Waals surface area (Å²) in [7, 11) is 0. The lowest BCUT2D eigenvalue weighted by Gasteiger charge is -2.26. The Labute approximate surface area is 126 Å². The van der Waals surface area contributed by atoms with Gasteiger partial charge in [-0.25, -0.2) is 0 Å². The van der Waals surface area contributed by atoms with Crippen molar-refractivity contribution in [1.29, 1.82) is 0 Å². The number of halogens is 2. The Morgan fingerprint density at radius 2 is 1.90 bits per heavy atom. The van der Waals surface area contributed by atoms with Crippen LogP contribution in [0.4, 0.5) is 0 Å². The highest BCUT2D eigenvalue weighted by atomic mass is 35.5. The summed E-state index contributed by atoms with van der Waals surface area (Å²) in [6, 6.07) is 1.28. The molecule has 1 aromatic heterocycles. The zero-order valence-corrected chi connectivity index (χ0v) is 12.6. The zero-order valence-electron chi connectivity index (χ0n) is 11.1. The van der Waals surface area contributed by atoms with E-state index in [1.54, 1.807) is 13.8 Å². The Morgan fingerprint density at radius 3 is 2.40 bits per heavy atom. The summed E-state index contributed by atoms with van der Waals surface area (Å²) in [4.78, 5) is 23.3. The molecule has 0 unspecified atom stereocenters. The molecule has 110 valence electrons. The first-order chi connectivity index (χ1) is 9.36. The molecule has 0 saturated heterocycles. The van der Waals surface area contributed by atoms with Crippen molar-refractivity contribution in [2.45, 2.75) is 26.7 Å². The fourth-order valence-electron chi connectivity index (χ4n) is 1.74. The molecule has 0 bridgehead atoms. The van der Waals surface area contributed by atoms with E-state index in [2.05, 4.69) is 15.5 Å². The Hall–Kier alpha value is -1.40. The number of rotatable bonds is 6. The van der Waals surface area contributed by atoms with Gasteiger partial charge in [0, 0.05) is 6.54 Å². The normalized spacial score (nSPS) is 11.2. The van der Waals surface area contributed by atoms with Crippen LogP contribution in [0, 0.1) is 5.41 Å². The van der Waals surface area contributed by atoms with Gasteiger partial charge in [-0.1, -0.05) is 37.0 Å². The van der Waals surface area contributed by atoms with E-state index in [1.807, 2.05) is 0 Å². The molecule has 0 fully saturated rings. The Bertz CT molecular complexity index is 519. The minimum Gasteiger partial charge on any atom is -0.481 e. The van der Waals surface area contributed by atoms with Crippen LogP contribution in [0.5, 0.6) is 0 Å². The van der Waals surface area contributed by atoms with Crippen LogP contribution in [-0.2, 0) is 4.79 Å². The van der Waals surface area contributed by atoms with Gasteiger partial charge in [0.25, 0.3) is 5.91 Å². The molecule has 1 rings (SSSR count). The monoisotopic (exact) mass is 319 g/mol. The van der Waals surface area contributed by atoms with Crippen molar-refractivity contribution in [3.8, 4) is 0 Å². The van der Waals surface area contributed by atoms with Crippen LogP contribution in [0.25, 0.3) is 0 Å². The highest BCUT2D eigenvalue weighted by Gasteiger charge is 2.35. The summed E-state index contributed by atoms with van der Waals surface area (Å²) in [5, 5.41) is 18.8. The summed E-state index contributed by atoms with van der Waals surface area (Å²) >= 11 is 11.4. The maximum atomic E-state index is 12.0. The van der Waals surface area contributed by atoms with Crippen molar-refractivity contribution in [2.75, 3.05) is 6.54 Å². The molecule has 0 radical (unpaired) electrons. The predicted octanol–water partition coefficient (Wildman–Crippen LogP) is 2.40. The molecule has 0 aliphatic heterocycles. The van der Waals surface area contributed by atoms with Gasteiger partial charge in [-0.05, 0) is 18.9 Å². The van der Waals surface area contributed by atoms with Gasteiger partial charge in [0.1, 0.15) is 0 Å². The molecule has 8 heteroatoms. The molecule has 6 nitrogen and oxygen atoms in total. The summed E-state index contributed by atoms with van der Waals surface area (Å²) in [6.45, 7) is 3.54. The molecule has 0 spiro atoms.